The Morgan fingerprint density at radius 1 is 0.750 bits per heavy atom. The first-order valence-electron chi connectivity index (χ1n) is 8.02. The van der Waals surface area contributed by atoms with E-state index in [1.165, 1.54) is 48.5 Å². The highest BCUT2D eigenvalue weighted by atomic mass is 16.6. The Bertz CT molecular complexity index is 896. The van der Waals surface area contributed by atoms with Crippen LogP contribution in [0.2, 0.25) is 0 Å². The summed E-state index contributed by atoms with van der Waals surface area (Å²) in [7, 11) is 0. The molecule has 0 bridgehead atoms. The van der Waals surface area contributed by atoms with E-state index in [9.17, 15) is 30.8 Å². The van der Waals surface area contributed by atoms with Gasteiger partial charge in [-0.25, -0.2) is 10.9 Å². The molecule has 0 aliphatic rings. The Morgan fingerprint density at radius 2 is 1.04 bits per heavy atom. The van der Waals surface area contributed by atoms with E-state index in [0.717, 1.165) is 0 Å². The first-order chi connectivity index (χ1) is 13.1. The molecule has 0 heterocycles. The lowest BCUT2D eigenvalue weighted by atomic mass is 9.92. The van der Waals surface area contributed by atoms with Gasteiger partial charge < -0.3 is 0 Å². The molecule has 0 radical (unpaired) electrons. The van der Waals surface area contributed by atoms with E-state index in [0.29, 0.717) is 11.1 Å². The van der Waals surface area contributed by atoms with Gasteiger partial charge in [0.25, 0.3) is 11.4 Å². The molecule has 0 saturated heterocycles. The van der Waals surface area contributed by atoms with Gasteiger partial charge in [0, 0.05) is 24.3 Å². The molecule has 0 aliphatic heterocycles. The minimum atomic E-state index is -1.30. The van der Waals surface area contributed by atoms with Crippen molar-refractivity contribution in [3.8, 4) is 12.1 Å². The Kier molecular flexibility index (Phi) is 5.70. The van der Waals surface area contributed by atoms with Crippen LogP contribution in [0.4, 0.5) is 11.4 Å². The number of hydrogen-bond acceptors (Lipinski definition) is 8. The van der Waals surface area contributed by atoms with Crippen LogP contribution in [0.25, 0.3) is 0 Å². The number of nitro groups is 2. The molecule has 0 aromatic heterocycles. The van der Waals surface area contributed by atoms with Gasteiger partial charge in [-0.3, -0.25) is 20.2 Å². The molecule has 2 rings (SSSR count). The number of rotatable bonds is 7. The van der Waals surface area contributed by atoms with E-state index >= 15 is 0 Å². The Hall–Kier alpha value is -3.86. The minimum Gasteiger partial charge on any atom is -0.258 e. The van der Waals surface area contributed by atoms with Gasteiger partial charge in [-0.05, 0) is 49.2 Å². The molecule has 0 aliphatic carbocycles. The summed E-state index contributed by atoms with van der Waals surface area (Å²) < 4.78 is 0. The maximum atomic E-state index is 10.8. The van der Waals surface area contributed by atoms with E-state index in [1.807, 2.05) is 0 Å². The Labute approximate surface area is 160 Å². The predicted molar refractivity (Wildman–Crippen MR) is 98.4 cm³/mol. The van der Waals surface area contributed by atoms with Gasteiger partial charge >= 0.3 is 0 Å². The average molecular weight is 380 g/mol. The highest BCUT2D eigenvalue weighted by molar-refractivity contribution is 5.40. The van der Waals surface area contributed by atoms with Crippen molar-refractivity contribution in [2.24, 2.45) is 0 Å². The highest BCUT2D eigenvalue weighted by Crippen LogP contribution is 2.25. The van der Waals surface area contributed by atoms with Gasteiger partial charge in [-0.2, -0.15) is 10.5 Å². The summed E-state index contributed by atoms with van der Waals surface area (Å²) in [4.78, 5) is 20.5. The molecule has 0 unspecified atom stereocenters. The third-order valence-corrected chi connectivity index (χ3v) is 4.32. The number of nitrogens with one attached hydrogen (secondary N) is 2. The van der Waals surface area contributed by atoms with Crippen molar-refractivity contribution in [2.45, 2.75) is 24.9 Å². The smallest absolute Gasteiger partial charge is 0.258 e. The van der Waals surface area contributed by atoms with Crippen molar-refractivity contribution in [3.05, 3.63) is 79.9 Å². The maximum absolute atomic E-state index is 10.8. The summed E-state index contributed by atoms with van der Waals surface area (Å²) in [5.74, 6) is 0. The van der Waals surface area contributed by atoms with Gasteiger partial charge in [0.1, 0.15) is 11.1 Å². The molecular formula is C18H16N6O4. The van der Waals surface area contributed by atoms with E-state index in [4.69, 9.17) is 0 Å². The molecule has 2 aromatic carbocycles. The van der Waals surface area contributed by atoms with Gasteiger partial charge in [0.15, 0.2) is 0 Å². The van der Waals surface area contributed by atoms with Crippen LogP contribution in [0.3, 0.4) is 0 Å². The van der Waals surface area contributed by atoms with Gasteiger partial charge in [-0.1, -0.05) is 0 Å². The SMILES string of the molecule is C[C@](C#N)(NN[C@](C)(C#N)c1ccc([N+](=O)[O-])cc1)c1ccc([N+](=O)[O-])cc1. The predicted octanol–water partition coefficient (Wildman–Crippen LogP) is 2.77. The molecule has 0 spiro atoms. The van der Waals surface area contributed by atoms with Crippen molar-refractivity contribution < 1.29 is 9.85 Å². The quantitative estimate of drug-likeness (QED) is 0.548. The molecule has 10 heteroatoms. The lowest BCUT2D eigenvalue weighted by molar-refractivity contribution is -0.385. The van der Waals surface area contributed by atoms with Crippen LogP contribution < -0.4 is 10.9 Å². The van der Waals surface area contributed by atoms with Crippen molar-refractivity contribution in [1.82, 2.24) is 10.9 Å². The summed E-state index contributed by atoms with van der Waals surface area (Å²) in [6, 6.07) is 15.1. The summed E-state index contributed by atoms with van der Waals surface area (Å²) in [6.07, 6.45) is 0. The second kappa shape index (κ2) is 7.80. The van der Waals surface area contributed by atoms with Crippen molar-refractivity contribution in [1.29, 1.82) is 10.5 Å². The monoisotopic (exact) mass is 380 g/mol. The molecule has 0 fully saturated rings. The van der Waals surface area contributed by atoms with Gasteiger partial charge in [0.05, 0.1) is 22.0 Å². The second-order valence-electron chi connectivity index (χ2n) is 6.33. The molecule has 0 saturated carbocycles. The maximum Gasteiger partial charge on any atom is 0.269 e. The van der Waals surface area contributed by atoms with Crippen molar-refractivity contribution in [3.63, 3.8) is 0 Å². The zero-order valence-corrected chi connectivity index (χ0v) is 15.0. The molecule has 142 valence electrons. The van der Waals surface area contributed by atoms with Crippen LogP contribution >= 0.6 is 0 Å². The van der Waals surface area contributed by atoms with E-state index < -0.39 is 20.9 Å². The topological polar surface area (TPSA) is 158 Å². The highest BCUT2D eigenvalue weighted by Gasteiger charge is 2.33. The third-order valence-electron chi connectivity index (χ3n) is 4.32. The van der Waals surface area contributed by atoms with Gasteiger partial charge in [-0.15, -0.1) is 0 Å². The van der Waals surface area contributed by atoms with Crippen molar-refractivity contribution >= 4 is 11.4 Å². The van der Waals surface area contributed by atoms with E-state index in [2.05, 4.69) is 23.0 Å². The fraction of sp³-hybridized carbons (Fsp3) is 0.222. The molecule has 0 amide bonds. The molecule has 2 aromatic rings. The van der Waals surface area contributed by atoms with E-state index in [1.54, 1.807) is 13.8 Å². The van der Waals surface area contributed by atoms with E-state index in [-0.39, 0.29) is 11.4 Å². The van der Waals surface area contributed by atoms with Crippen LogP contribution in [0.5, 0.6) is 0 Å². The minimum absolute atomic E-state index is 0.107. The second-order valence-corrected chi connectivity index (χ2v) is 6.33. The number of benzene rings is 2. The van der Waals surface area contributed by atoms with Crippen LogP contribution in [0.15, 0.2) is 48.5 Å². The number of nitriles is 2. The summed E-state index contributed by atoms with van der Waals surface area (Å²) in [5.41, 5.74) is 3.70. The first kappa shape index (κ1) is 20.5. The van der Waals surface area contributed by atoms with Crippen LogP contribution in [0.1, 0.15) is 25.0 Å². The number of hydrogen-bond donors (Lipinski definition) is 2. The number of non-ortho nitro benzene ring substituents is 2. The lowest BCUT2D eigenvalue weighted by Gasteiger charge is -2.31. The number of nitro benzene ring substituents is 2. The van der Waals surface area contributed by atoms with Gasteiger partial charge in [0.2, 0.25) is 0 Å². The fourth-order valence-electron chi connectivity index (χ4n) is 2.41. The van der Waals surface area contributed by atoms with Crippen LogP contribution in [0, 0.1) is 42.9 Å². The lowest BCUT2D eigenvalue weighted by Crippen LogP contribution is -2.55. The standard InChI is InChI=1S/C18H16N6O4/c1-17(11-19,13-3-7-15(8-4-13)23(25)26)21-22-18(2,12-20)14-5-9-16(10-6-14)24(27)28/h3-10,21-22H,1-2H3/t17-,18-/m1/s1. The Morgan fingerprint density at radius 3 is 1.25 bits per heavy atom. The molecule has 28 heavy (non-hydrogen) atoms. The zero-order valence-electron chi connectivity index (χ0n) is 15.0. The fourth-order valence-corrected chi connectivity index (χ4v) is 2.41. The van der Waals surface area contributed by atoms with Crippen LogP contribution in [-0.2, 0) is 11.1 Å². The first-order valence-corrected chi connectivity index (χ1v) is 8.02. The zero-order chi connectivity index (χ0) is 20.9. The normalized spacial score (nSPS) is 14.7. The summed E-state index contributed by atoms with van der Waals surface area (Å²) in [5, 5.41) is 40.8. The average Bonchev–Trinajstić information content (AvgIpc) is 2.71. The largest absolute Gasteiger partial charge is 0.269 e. The summed E-state index contributed by atoms with van der Waals surface area (Å²) in [6.45, 7) is 3.10. The molecule has 2 N–H and O–H groups in total. The molecule has 2 atom stereocenters. The summed E-state index contributed by atoms with van der Waals surface area (Å²) >= 11 is 0. The van der Waals surface area contributed by atoms with Crippen LogP contribution in [-0.4, -0.2) is 9.85 Å². The number of hydrazine groups is 1. The number of nitrogens with zero attached hydrogens (tertiary/aromatic N) is 4. The third kappa shape index (κ3) is 4.10. The molecular weight excluding hydrogens is 364 g/mol. The Balaban J connectivity index is 2.26. The van der Waals surface area contributed by atoms with Crippen molar-refractivity contribution in [2.75, 3.05) is 0 Å². The molecule has 10 nitrogen and oxygen atoms in total.